The second kappa shape index (κ2) is 7.78. The molecule has 132 valence electrons. The summed E-state index contributed by atoms with van der Waals surface area (Å²) in [6.45, 7) is 6.64. The second-order valence-corrected chi connectivity index (χ2v) is 6.10. The van der Waals surface area contributed by atoms with Crippen LogP contribution < -0.4 is 10.2 Å². The highest BCUT2D eigenvalue weighted by Crippen LogP contribution is 2.19. The Hall–Kier alpha value is -3.21. The number of aryl methyl sites for hydroxylation is 2. The summed E-state index contributed by atoms with van der Waals surface area (Å²) in [5, 5.41) is 3.21. The topological polar surface area (TPSA) is 58.1 Å². The minimum atomic E-state index is -0.163. The van der Waals surface area contributed by atoms with Gasteiger partial charge in [0.15, 0.2) is 0 Å². The lowest BCUT2D eigenvalue weighted by molar-refractivity contribution is 0.0983. The predicted molar refractivity (Wildman–Crippen MR) is 105 cm³/mol. The first-order valence-corrected chi connectivity index (χ1v) is 8.61. The van der Waals surface area contributed by atoms with Gasteiger partial charge in [0.05, 0.1) is 12.4 Å². The van der Waals surface area contributed by atoms with Crippen LogP contribution in [0.2, 0.25) is 0 Å². The Kier molecular flexibility index (Phi) is 5.27. The number of carbonyl (C=O) groups is 1. The number of carbonyl (C=O) groups excluding carboxylic acids is 1. The van der Waals surface area contributed by atoms with Crippen molar-refractivity contribution in [3.05, 3.63) is 77.7 Å². The maximum atomic E-state index is 12.7. The average Bonchev–Trinajstić information content (AvgIpc) is 2.67. The number of rotatable bonds is 5. The Balaban J connectivity index is 1.76. The van der Waals surface area contributed by atoms with Gasteiger partial charge in [0.25, 0.3) is 5.91 Å². The molecule has 0 fully saturated rings. The normalized spacial score (nSPS) is 10.4. The molecule has 0 saturated heterocycles. The van der Waals surface area contributed by atoms with Gasteiger partial charge in [0.1, 0.15) is 11.5 Å². The van der Waals surface area contributed by atoms with Crippen molar-refractivity contribution < 1.29 is 4.79 Å². The molecule has 0 aliphatic heterocycles. The highest BCUT2D eigenvalue weighted by molar-refractivity contribution is 6.04. The SMILES string of the molecule is CCN(C(=O)c1cnc(Nc2ccc(C)c(C)c2)cn1)c1ccccc1. The van der Waals surface area contributed by atoms with E-state index in [-0.39, 0.29) is 5.91 Å². The van der Waals surface area contributed by atoms with Gasteiger partial charge in [-0.3, -0.25) is 4.79 Å². The van der Waals surface area contributed by atoms with Gasteiger partial charge in [-0.1, -0.05) is 24.3 Å². The second-order valence-electron chi connectivity index (χ2n) is 6.10. The van der Waals surface area contributed by atoms with Crippen LogP contribution in [-0.2, 0) is 0 Å². The summed E-state index contributed by atoms with van der Waals surface area (Å²) < 4.78 is 0. The monoisotopic (exact) mass is 346 g/mol. The van der Waals surface area contributed by atoms with Gasteiger partial charge in [-0.2, -0.15) is 0 Å². The van der Waals surface area contributed by atoms with Crippen LogP contribution in [-0.4, -0.2) is 22.4 Å². The summed E-state index contributed by atoms with van der Waals surface area (Å²) in [7, 11) is 0. The fourth-order valence-electron chi connectivity index (χ4n) is 2.66. The molecule has 3 aromatic rings. The zero-order valence-corrected chi connectivity index (χ0v) is 15.2. The third-order valence-corrected chi connectivity index (χ3v) is 4.28. The van der Waals surface area contributed by atoms with Crippen molar-refractivity contribution in [1.82, 2.24) is 9.97 Å². The van der Waals surface area contributed by atoms with Crippen LogP contribution in [0.5, 0.6) is 0 Å². The molecule has 0 radical (unpaired) electrons. The maximum absolute atomic E-state index is 12.7. The molecule has 1 heterocycles. The largest absolute Gasteiger partial charge is 0.339 e. The van der Waals surface area contributed by atoms with E-state index in [9.17, 15) is 4.79 Å². The van der Waals surface area contributed by atoms with Crippen molar-refractivity contribution in [2.24, 2.45) is 0 Å². The van der Waals surface area contributed by atoms with Gasteiger partial charge in [-0.05, 0) is 56.2 Å². The van der Waals surface area contributed by atoms with Gasteiger partial charge >= 0.3 is 0 Å². The predicted octanol–water partition coefficient (Wildman–Crippen LogP) is 4.50. The minimum absolute atomic E-state index is 0.163. The molecule has 0 saturated carbocycles. The van der Waals surface area contributed by atoms with Crippen molar-refractivity contribution in [2.75, 3.05) is 16.8 Å². The number of benzene rings is 2. The summed E-state index contributed by atoms with van der Waals surface area (Å²) in [5.74, 6) is 0.441. The van der Waals surface area contributed by atoms with Crippen LogP contribution in [0.4, 0.5) is 17.2 Å². The van der Waals surface area contributed by atoms with E-state index in [0.29, 0.717) is 18.1 Å². The van der Waals surface area contributed by atoms with E-state index in [0.717, 1.165) is 11.4 Å². The van der Waals surface area contributed by atoms with Crippen LogP contribution in [0.15, 0.2) is 60.9 Å². The number of hydrogen-bond acceptors (Lipinski definition) is 4. The number of hydrogen-bond donors (Lipinski definition) is 1. The molecule has 5 nitrogen and oxygen atoms in total. The van der Waals surface area contributed by atoms with E-state index in [1.165, 1.54) is 17.3 Å². The number of aromatic nitrogens is 2. The lowest BCUT2D eigenvalue weighted by Gasteiger charge is -2.20. The Morgan fingerprint density at radius 2 is 1.77 bits per heavy atom. The lowest BCUT2D eigenvalue weighted by atomic mass is 10.1. The first-order chi connectivity index (χ1) is 12.6. The summed E-state index contributed by atoms with van der Waals surface area (Å²) in [5.41, 5.74) is 4.56. The third-order valence-electron chi connectivity index (χ3n) is 4.28. The van der Waals surface area contributed by atoms with Crippen LogP contribution in [0, 0.1) is 13.8 Å². The molecule has 0 unspecified atom stereocenters. The maximum Gasteiger partial charge on any atom is 0.278 e. The third kappa shape index (κ3) is 3.88. The summed E-state index contributed by atoms with van der Waals surface area (Å²) in [6, 6.07) is 15.7. The number of amides is 1. The minimum Gasteiger partial charge on any atom is -0.339 e. The Bertz CT molecular complexity index is 892. The van der Waals surface area contributed by atoms with Crippen molar-refractivity contribution in [1.29, 1.82) is 0 Å². The molecule has 0 bridgehead atoms. The van der Waals surface area contributed by atoms with Crippen LogP contribution in [0.1, 0.15) is 28.5 Å². The standard InChI is InChI=1S/C21H22N4O/c1-4-25(18-8-6-5-7-9-18)21(26)19-13-23-20(14-22-19)24-17-11-10-15(2)16(3)12-17/h5-14H,4H2,1-3H3,(H,23,24). The number of nitrogens with zero attached hydrogens (tertiary/aromatic N) is 3. The zero-order chi connectivity index (χ0) is 18.5. The highest BCUT2D eigenvalue weighted by Gasteiger charge is 2.17. The molecule has 5 heteroatoms. The highest BCUT2D eigenvalue weighted by atomic mass is 16.2. The van der Waals surface area contributed by atoms with Gasteiger partial charge in [0, 0.05) is 17.9 Å². The molecule has 1 aromatic heterocycles. The molecular formula is C21H22N4O. The van der Waals surface area contributed by atoms with Crippen LogP contribution >= 0.6 is 0 Å². The molecule has 0 spiro atoms. The lowest BCUT2D eigenvalue weighted by Crippen LogP contribution is -2.31. The van der Waals surface area contributed by atoms with E-state index in [2.05, 4.69) is 41.3 Å². The summed E-state index contributed by atoms with van der Waals surface area (Å²) in [6.07, 6.45) is 3.10. The van der Waals surface area contributed by atoms with Crippen molar-refractivity contribution in [3.8, 4) is 0 Å². The van der Waals surface area contributed by atoms with Crippen molar-refractivity contribution >= 4 is 23.1 Å². The fraction of sp³-hybridized carbons (Fsp3) is 0.190. The molecule has 1 N–H and O–H groups in total. The first kappa shape index (κ1) is 17.6. The van der Waals surface area contributed by atoms with Crippen LogP contribution in [0.25, 0.3) is 0 Å². The number of nitrogens with one attached hydrogen (secondary N) is 1. The Morgan fingerprint density at radius 3 is 2.38 bits per heavy atom. The first-order valence-electron chi connectivity index (χ1n) is 8.61. The Morgan fingerprint density at radius 1 is 1.00 bits per heavy atom. The van der Waals surface area contributed by atoms with Crippen molar-refractivity contribution in [2.45, 2.75) is 20.8 Å². The molecular weight excluding hydrogens is 324 g/mol. The van der Waals surface area contributed by atoms with Crippen molar-refractivity contribution in [3.63, 3.8) is 0 Å². The molecule has 0 aliphatic rings. The smallest absolute Gasteiger partial charge is 0.278 e. The van der Waals surface area contributed by atoms with E-state index in [1.807, 2.05) is 43.3 Å². The van der Waals surface area contributed by atoms with Gasteiger partial charge < -0.3 is 10.2 Å². The molecule has 26 heavy (non-hydrogen) atoms. The van der Waals surface area contributed by atoms with E-state index < -0.39 is 0 Å². The number of anilines is 3. The molecule has 0 atom stereocenters. The quantitative estimate of drug-likeness (QED) is 0.739. The molecule has 0 aliphatic carbocycles. The molecule has 1 amide bonds. The Labute approximate surface area is 153 Å². The zero-order valence-electron chi connectivity index (χ0n) is 15.2. The van der Waals surface area contributed by atoms with E-state index in [1.54, 1.807) is 11.1 Å². The average molecular weight is 346 g/mol. The fourth-order valence-corrected chi connectivity index (χ4v) is 2.66. The molecule has 3 rings (SSSR count). The number of para-hydroxylation sites is 1. The van der Waals surface area contributed by atoms with E-state index in [4.69, 9.17) is 0 Å². The summed E-state index contributed by atoms with van der Waals surface area (Å²) in [4.78, 5) is 23.0. The van der Waals surface area contributed by atoms with Crippen LogP contribution in [0.3, 0.4) is 0 Å². The van der Waals surface area contributed by atoms with E-state index >= 15 is 0 Å². The van der Waals surface area contributed by atoms with Gasteiger partial charge in [0.2, 0.25) is 0 Å². The van der Waals surface area contributed by atoms with Gasteiger partial charge in [-0.15, -0.1) is 0 Å². The summed E-state index contributed by atoms with van der Waals surface area (Å²) >= 11 is 0. The molecule has 2 aromatic carbocycles. The van der Waals surface area contributed by atoms with Gasteiger partial charge in [-0.25, -0.2) is 9.97 Å².